The summed E-state index contributed by atoms with van der Waals surface area (Å²) in [5.41, 5.74) is 4.17. The number of nitrogens with zero attached hydrogens (tertiary/aromatic N) is 1. The van der Waals surface area contributed by atoms with E-state index in [4.69, 9.17) is 0 Å². The third kappa shape index (κ3) is 5.05. The van der Waals surface area contributed by atoms with Crippen LogP contribution >= 0.6 is 0 Å². The predicted octanol–water partition coefficient (Wildman–Crippen LogP) is 6.05. The third-order valence-corrected chi connectivity index (χ3v) is 7.75. The zero-order chi connectivity index (χ0) is 23.3. The van der Waals surface area contributed by atoms with Crippen molar-refractivity contribution in [3.8, 4) is 0 Å². The van der Waals surface area contributed by atoms with Crippen molar-refractivity contribution in [1.29, 1.82) is 0 Å². The van der Waals surface area contributed by atoms with Crippen molar-refractivity contribution in [1.82, 2.24) is 4.90 Å². The van der Waals surface area contributed by atoms with Crippen molar-refractivity contribution in [2.24, 2.45) is 5.92 Å². The second-order valence-electron chi connectivity index (χ2n) is 9.88. The largest absolute Gasteiger partial charge is 0.303 e. The number of Topliss-reactive ketones (excluding diaryl/α,β-unsaturated/α-hetero) is 2. The van der Waals surface area contributed by atoms with Gasteiger partial charge in [-0.3, -0.25) is 9.59 Å². The summed E-state index contributed by atoms with van der Waals surface area (Å²) in [4.78, 5) is 29.2. The van der Waals surface area contributed by atoms with E-state index >= 15 is 0 Å². The molecule has 0 radical (unpaired) electrons. The van der Waals surface area contributed by atoms with Gasteiger partial charge in [-0.2, -0.15) is 0 Å². The number of hydrogen-bond acceptors (Lipinski definition) is 3. The zero-order valence-electron chi connectivity index (χ0n) is 19.7. The Hall–Kier alpha value is -3.04. The van der Waals surface area contributed by atoms with E-state index in [2.05, 4.69) is 35.2 Å². The van der Waals surface area contributed by atoms with E-state index in [1.165, 1.54) is 18.4 Å². The number of ketones is 2. The van der Waals surface area contributed by atoms with Crippen molar-refractivity contribution in [3.63, 3.8) is 0 Å². The molecule has 0 saturated carbocycles. The van der Waals surface area contributed by atoms with Crippen LogP contribution in [-0.2, 0) is 11.2 Å². The topological polar surface area (TPSA) is 37.4 Å². The van der Waals surface area contributed by atoms with Gasteiger partial charge < -0.3 is 4.90 Å². The second-order valence-corrected chi connectivity index (χ2v) is 9.88. The monoisotopic (exact) mass is 451 g/mol. The molecule has 0 spiro atoms. The maximum atomic E-state index is 13.3. The molecule has 2 aliphatic rings. The third-order valence-electron chi connectivity index (χ3n) is 7.75. The molecule has 0 N–H and O–H groups in total. The average Bonchev–Trinajstić information content (AvgIpc) is 2.90. The van der Waals surface area contributed by atoms with Gasteiger partial charge in [0.05, 0.1) is 0 Å². The van der Waals surface area contributed by atoms with Gasteiger partial charge in [0, 0.05) is 23.8 Å². The predicted molar refractivity (Wildman–Crippen MR) is 136 cm³/mol. The van der Waals surface area contributed by atoms with Gasteiger partial charge in [-0.05, 0) is 67.9 Å². The number of hydrogen-bond donors (Lipinski definition) is 0. The fourth-order valence-corrected chi connectivity index (χ4v) is 5.79. The first kappa shape index (κ1) is 22.7. The molecule has 34 heavy (non-hydrogen) atoms. The van der Waals surface area contributed by atoms with Crippen molar-refractivity contribution in [2.75, 3.05) is 19.6 Å². The number of likely N-dealkylation sites (tertiary alicyclic amines) is 1. The minimum Gasteiger partial charge on any atom is -0.303 e. The quantitative estimate of drug-likeness (QED) is 0.439. The minimum atomic E-state index is -0.192. The molecule has 0 aromatic heterocycles. The summed E-state index contributed by atoms with van der Waals surface area (Å²) in [5, 5.41) is 0. The summed E-state index contributed by atoms with van der Waals surface area (Å²) < 4.78 is 0. The first-order valence-corrected chi connectivity index (χ1v) is 12.7. The van der Waals surface area contributed by atoms with Crippen LogP contribution in [-0.4, -0.2) is 36.1 Å². The lowest BCUT2D eigenvalue weighted by Crippen LogP contribution is -2.37. The smallest absolute Gasteiger partial charge is 0.166 e. The van der Waals surface area contributed by atoms with Gasteiger partial charge in [-0.25, -0.2) is 0 Å². The fraction of sp³-hybridized carbons (Fsp3) is 0.355. The Morgan fingerprint density at radius 3 is 2.21 bits per heavy atom. The standard InChI is InChI=1S/C31H33NO2/c33-30(21-23-9-3-1-4-10-23)29-22-26(31(34)28-14-8-7-13-27(28)29)17-20-32-18-15-25(16-19-32)24-11-5-2-6-12-24/h1-14,25-26,29H,15-22H2. The number of benzene rings is 3. The van der Waals surface area contributed by atoms with Gasteiger partial charge in [0.15, 0.2) is 5.78 Å². The van der Waals surface area contributed by atoms with Crippen LogP contribution in [0.1, 0.15) is 64.6 Å². The molecule has 1 fully saturated rings. The molecule has 1 heterocycles. The molecule has 3 aromatic rings. The fourth-order valence-electron chi connectivity index (χ4n) is 5.79. The molecule has 2 atom stereocenters. The van der Waals surface area contributed by atoms with E-state index in [9.17, 15) is 9.59 Å². The maximum Gasteiger partial charge on any atom is 0.166 e. The summed E-state index contributed by atoms with van der Waals surface area (Å²) in [5.74, 6) is 0.813. The molecule has 3 aromatic carbocycles. The highest BCUT2D eigenvalue weighted by Crippen LogP contribution is 2.38. The minimum absolute atomic E-state index is 0.0773. The summed E-state index contributed by atoms with van der Waals surface area (Å²) in [6, 6.07) is 28.5. The molecule has 1 aliphatic heterocycles. The molecule has 1 aliphatic carbocycles. The van der Waals surface area contributed by atoms with E-state index in [-0.39, 0.29) is 23.4 Å². The molecule has 0 bridgehead atoms. The molecule has 174 valence electrons. The van der Waals surface area contributed by atoms with E-state index < -0.39 is 0 Å². The van der Waals surface area contributed by atoms with Crippen molar-refractivity contribution in [3.05, 3.63) is 107 Å². The Morgan fingerprint density at radius 2 is 1.47 bits per heavy atom. The Morgan fingerprint density at radius 1 is 0.824 bits per heavy atom. The molecular formula is C31H33NO2. The van der Waals surface area contributed by atoms with Gasteiger partial charge in [0.2, 0.25) is 0 Å². The second kappa shape index (κ2) is 10.5. The van der Waals surface area contributed by atoms with Crippen molar-refractivity contribution in [2.45, 2.75) is 43.9 Å². The van der Waals surface area contributed by atoms with Gasteiger partial charge >= 0.3 is 0 Å². The normalized spacial score (nSPS) is 21.2. The van der Waals surface area contributed by atoms with E-state index in [1.807, 2.05) is 54.6 Å². The average molecular weight is 452 g/mol. The van der Waals surface area contributed by atoms with Crippen LogP contribution in [0, 0.1) is 5.92 Å². The lowest BCUT2D eigenvalue weighted by Gasteiger charge is -2.34. The van der Waals surface area contributed by atoms with Gasteiger partial charge in [0.1, 0.15) is 5.78 Å². The van der Waals surface area contributed by atoms with Gasteiger partial charge in [0.25, 0.3) is 0 Å². The SMILES string of the molecule is O=C1c2ccccc2C(C(=O)Cc2ccccc2)CC1CCN1CCC(c2ccccc2)CC1. The van der Waals surface area contributed by atoms with Crippen LogP contribution in [0.4, 0.5) is 0 Å². The summed E-state index contributed by atoms with van der Waals surface area (Å²) >= 11 is 0. The molecule has 3 heteroatoms. The van der Waals surface area contributed by atoms with E-state index in [1.54, 1.807) is 0 Å². The molecule has 0 amide bonds. The Labute approximate surface area is 202 Å². The Kier molecular flexibility index (Phi) is 7.01. The number of carbonyl (C=O) groups is 2. The first-order chi connectivity index (χ1) is 16.7. The van der Waals surface area contributed by atoms with Crippen molar-refractivity contribution >= 4 is 11.6 Å². The van der Waals surface area contributed by atoms with Crippen LogP contribution in [0.2, 0.25) is 0 Å². The van der Waals surface area contributed by atoms with Crippen LogP contribution < -0.4 is 0 Å². The van der Waals surface area contributed by atoms with Gasteiger partial charge in [-0.15, -0.1) is 0 Å². The lowest BCUT2D eigenvalue weighted by atomic mass is 9.72. The number of rotatable bonds is 7. The highest BCUT2D eigenvalue weighted by molar-refractivity contribution is 6.03. The first-order valence-electron chi connectivity index (χ1n) is 12.7. The number of piperidine rings is 1. The highest BCUT2D eigenvalue weighted by Gasteiger charge is 2.36. The van der Waals surface area contributed by atoms with Crippen LogP contribution in [0.25, 0.3) is 0 Å². The molecular weight excluding hydrogens is 418 g/mol. The molecule has 5 rings (SSSR count). The molecule has 3 nitrogen and oxygen atoms in total. The molecule has 2 unspecified atom stereocenters. The number of carbonyl (C=O) groups excluding carboxylic acids is 2. The van der Waals surface area contributed by atoms with E-state index in [0.29, 0.717) is 18.8 Å². The lowest BCUT2D eigenvalue weighted by molar-refractivity contribution is -0.120. The van der Waals surface area contributed by atoms with Crippen LogP contribution in [0.15, 0.2) is 84.9 Å². The van der Waals surface area contributed by atoms with Crippen LogP contribution in [0.3, 0.4) is 0 Å². The van der Waals surface area contributed by atoms with Crippen molar-refractivity contribution < 1.29 is 9.59 Å². The van der Waals surface area contributed by atoms with Gasteiger partial charge in [-0.1, -0.05) is 84.9 Å². The Bertz CT molecular complexity index is 1120. The Balaban J connectivity index is 1.23. The highest BCUT2D eigenvalue weighted by atomic mass is 16.1. The summed E-state index contributed by atoms with van der Waals surface area (Å²) in [7, 11) is 0. The number of fused-ring (bicyclic) bond motifs is 1. The van der Waals surface area contributed by atoms with E-state index in [0.717, 1.165) is 42.7 Å². The maximum absolute atomic E-state index is 13.3. The zero-order valence-corrected chi connectivity index (χ0v) is 19.7. The molecule has 1 saturated heterocycles. The summed E-state index contributed by atoms with van der Waals surface area (Å²) in [6.07, 6.45) is 4.24. The van der Waals surface area contributed by atoms with Crippen LogP contribution in [0.5, 0.6) is 0 Å². The summed E-state index contributed by atoms with van der Waals surface area (Å²) in [6.45, 7) is 3.08.